The third-order valence-corrected chi connectivity index (χ3v) is 3.97. The van der Waals surface area contributed by atoms with E-state index in [2.05, 4.69) is 25.2 Å². The highest BCUT2D eigenvalue weighted by atomic mass is 35.5. The third kappa shape index (κ3) is 7.53. The van der Waals surface area contributed by atoms with Gasteiger partial charge in [-0.1, -0.05) is 11.6 Å². The maximum atomic E-state index is 5.55. The van der Waals surface area contributed by atoms with Crippen molar-refractivity contribution in [3.05, 3.63) is 35.7 Å². The summed E-state index contributed by atoms with van der Waals surface area (Å²) in [5, 5.41) is 3.66. The Kier molecular flexibility index (Phi) is 8.21. The van der Waals surface area contributed by atoms with Crippen molar-refractivity contribution in [2.45, 2.75) is 25.7 Å². The predicted molar refractivity (Wildman–Crippen MR) is 104 cm³/mol. The second kappa shape index (κ2) is 10.7. The van der Waals surface area contributed by atoms with E-state index in [9.17, 15) is 0 Å². The second-order valence-electron chi connectivity index (χ2n) is 5.84. The number of rotatable bonds is 1. The normalized spacial score (nSPS) is 15.8. The molecule has 0 radical (unpaired) electrons. The van der Waals surface area contributed by atoms with Gasteiger partial charge in [0, 0.05) is 31.2 Å². The van der Waals surface area contributed by atoms with Crippen LogP contribution >= 0.6 is 11.6 Å². The molecular weight excluding hydrogens is 338 g/mol. The zero-order valence-corrected chi connectivity index (χ0v) is 15.1. The second-order valence-corrected chi connectivity index (χ2v) is 6.23. The highest BCUT2D eigenvalue weighted by Crippen LogP contribution is 2.15. The number of anilines is 3. The Morgan fingerprint density at radius 2 is 1.64 bits per heavy atom. The van der Waals surface area contributed by atoms with Crippen LogP contribution in [0.4, 0.5) is 17.5 Å². The average Bonchev–Trinajstić information content (AvgIpc) is 3.32. The SMILES string of the molecule is C1CCNC1.Nc1ccnc(Cl)c1.Nc1ccnc(N2CCCC2)n1. The Balaban J connectivity index is 0.000000149. The molecule has 0 bridgehead atoms. The van der Waals surface area contributed by atoms with Gasteiger partial charge < -0.3 is 21.7 Å². The molecule has 5 N–H and O–H groups in total. The quantitative estimate of drug-likeness (QED) is 0.667. The van der Waals surface area contributed by atoms with Crippen molar-refractivity contribution in [2.24, 2.45) is 0 Å². The summed E-state index contributed by atoms with van der Waals surface area (Å²) < 4.78 is 0. The van der Waals surface area contributed by atoms with Crippen molar-refractivity contribution in [1.82, 2.24) is 20.3 Å². The van der Waals surface area contributed by atoms with Gasteiger partial charge in [-0.3, -0.25) is 0 Å². The van der Waals surface area contributed by atoms with Gasteiger partial charge in [-0.05, 0) is 57.0 Å². The molecule has 25 heavy (non-hydrogen) atoms. The van der Waals surface area contributed by atoms with E-state index in [1.165, 1.54) is 38.8 Å². The van der Waals surface area contributed by atoms with Crippen LogP contribution in [0.25, 0.3) is 0 Å². The maximum absolute atomic E-state index is 5.55. The molecule has 2 fully saturated rings. The van der Waals surface area contributed by atoms with E-state index in [1.54, 1.807) is 30.6 Å². The van der Waals surface area contributed by atoms with Crippen LogP contribution < -0.4 is 21.7 Å². The number of nitrogens with zero attached hydrogens (tertiary/aromatic N) is 4. The van der Waals surface area contributed by atoms with Gasteiger partial charge in [-0.25, -0.2) is 9.97 Å². The molecule has 0 spiro atoms. The number of nitrogen functional groups attached to an aromatic ring is 2. The van der Waals surface area contributed by atoms with Crippen LogP contribution in [0.3, 0.4) is 0 Å². The maximum Gasteiger partial charge on any atom is 0.227 e. The summed E-state index contributed by atoms with van der Waals surface area (Å²) in [6.07, 6.45) is 8.52. The van der Waals surface area contributed by atoms with Crippen LogP contribution in [0.15, 0.2) is 30.6 Å². The van der Waals surface area contributed by atoms with Crippen LogP contribution in [-0.4, -0.2) is 41.1 Å². The fourth-order valence-electron chi connectivity index (χ4n) is 2.47. The van der Waals surface area contributed by atoms with Crippen molar-refractivity contribution in [2.75, 3.05) is 42.5 Å². The van der Waals surface area contributed by atoms with Crippen molar-refractivity contribution in [3.8, 4) is 0 Å². The first-order valence-electron chi connectivity index (χ1n) is 8.56. The first kappa shape index (κ1) is 19.2. The lowest BCUT2D eigenvalue weighted by Gasteiger charge is -2.14. The number of aromatic nitrogens is 3. The molecule has 2 aromatic rings. The van der Waals surface area contributed by atoms with E-state index in [-0.39, 0.29) is 0 Å². The average molecular weight is 364 g/mol. The first-order valence-corrected chi connectivity index (χ1v) is 8.94. The van der Waals surface area contributed by atoms with Gasteiger partial charge >= 0.3 is 0 Å². The summed E-state index contributed by atoms with van der Waals surface area (Å²) >= 11 is 5.45. The van der Waals surface area contributed by atoms with Gasteiger partial charge in [0.15, 0.2) is 0 Å². The van der Waals surface area contributed by atoms with Crippen LogP contribution in [0, 0.1) is 0 Å². The number of pyridine rings is 1. The van der Waals surface area contributed by atoms with E-state index in [0.717, 1.165) is 19.0 Å². The zero-order chi connectivity index (χ0) is 17.9. The zero-order valence-electron chi connectivity index (χ0n) is 14.4. The van der Waals surface area contributed by atoms with Gasteiger partial charge in [0.05, 0.1) is 0 Å². The standard InChI is InChI=1S/C8H12N4.C5H5ClN2.C4H9N/c9-7-3-4-10-8(11-7)12-5-1-2-6-12;6-5-3-4(7)1-2-8-5;1-2-4-5-3-1/h3-4H,1-2,5-6H2,(H2,9,10,11);1-3H,(H2,7,8);5H,1-4H2. The topological polar surface area (TPSA) is 106 Å². The van der Waals surface area contributed by atoms with Crippen molar-refractivity contribution in [3.63, 3.8) is 0 Å². The lowest BCUT2D eigenvalue weighted by Crippen LogP contribution is -2.20. The number of nitrogens with one attached hydrogen (secondary N) is 1. The Morgan fingerprint density at radius 3 is 2.12 bits per heavy atom. The van der Waals surface area contributed by atoms with Crippen LogP contribution in [0.1, 0.15) is 25.7 Å². The number of nitrogens with two attached hydrogens (primary N) is 2. The van der Waals surface area contributed by atoms with Gasteiger partial charge in [-0.15, -0.1) is 0 Å². The molecular formula is C17H26ClN7. The molecule has 0 unspecified atom stereocenters. The summed E-state index contributed by atoms with van der Waals surface area (Å²) in [4.78, 5) is 14.2. The van der Waals surface area contributed by atoms with E-state index in [0.29, 0.717) is 16.7 Å². The van der Waals surface area contributed by atoms with Gasteiger partial charge in [0.2, 0.25) is 5.95 Å². The van der Waals surface area contributed by atoms with Crippen LogP contribution in [-0.2, 0) is 0 Å². The van der Waals surface area contributed by atoms with E-state index >= 15 is 0 Å². The summed E-state index contributed by atoms with van der Waals surface area (Å²) in [5.74, 6) is 1.32. The summed E-state index contributed by atoms with van der Waals surface area (Å²) in [7, 11) is 0. The largest absolute Gasteiger partial charge is 0.399 e. The van der Waals surface area contributed by atoms with Crippen molar-refractivity contribution in [1.29, 1.82) is 0 Å². The first-order chi connectivity index (χ1) is 12.1. The van der Waals surface area contributed by atoms with E-state index in [1.807, 2.05) is 0 Å². The smallest absolute Gasteiger partial charge is 0.227 e. The molecule has 2 aliphatic heterocycles. The molecule has 0 aromatic carbocycles. The molecule has 0 saturated carbocycles. The third-order valence-electron chi connectivity index (χ3n) is 3.76. The Labute approximate surface area is 153 Å². The molecule has 8 heteroatoms. The monoisotopic (exact) mass is 363 g/mol. The highest BCUT2D eigenvalue weighted by molar-refractivity contribution is 6.29. The minimum absolute atomic E-state index is 0.435. The Hall–Kier alpha value is -2.12. The summed E-state index contributed by atoms with van der Waals surface area (Å²) in [6.45, 7) is 4.62. The molecule has 7 nitrogen and oxygen atoms in total. The lowest BCUT2D eigenvalue weighted by atomic mass is 10.4. The minimum Gasteiger partial charge on any atom is -0.399 e. The van der Waals surface area contributed by atoms with Crippen molar-refractivity contribution < 1.29 is 0 Å². The Bertz CT molecular complexity index is 603. The molecule has 0 amide bonds. The van der Waals surface area contributed by atoms with Crippen LogP contribution in [0.2, 0.25) is 5.15 Å². The molecule has 4 rings (SSSR count). The molecule has 2 aromatic heterocycles. The minimum atomic E-state index is 0.435. The van der Waals surface area contributed by atoms with E-state index < -0.39 is 0 Å². The molecule has 136 valence electrons. The van der Waals surface area contributed by atoms with Crippen LogP contribution in [0.5, 0.6) is 0 Å². The highest BCUT2D eigenvalue weighted by Gasteiger charge is 2.14. The molecule has 2 saturated heterocycles. The van der Waals surface area contributed by atoms with E-state index in [4.69, 9.17) is 23.1 Å². The molecule has 0 atom stereocenters. The number of halogens is 1. The van der Waals surface area contributed by atoms with Crippen molar-refractivity contribution >= 4 is 29.1 Å². The fraction of sp³-hybridized carbons (Fsp3) is 0.471. The fourth-order valence-corrected chi connectivity index (χ4v) is 2.66. The summed E-state index contributed by atoms with van der Waals surface area (Å²) in [5.41, 5.74) is 11.5. The lowest BCUT2D eigenvalue weighted by molar-refractivity contribution is 0.857. The predicted octanol–water partition coefficient (Wildman–Crippen LogP) is 2.35. The molecule has 4 heterocycles. The Morgan fingerprint density at radius 1 is 0.960 bits per heavy atom. The molecule has 2 aliphatic rings. The van der Waals surface area contributed by atoms with Gasteiger partial charge in [0.1, 0.15) is 11.0 Å². The number of hydrogen-bond acceptors (Lipinski definition) is 7. The van der Waals surface area contributed by atoms with Gasteiger partial charge in [0.25, 0.3) is 0 Å². The number of hydrogen-bond donors (Lipinski definition) is 3. The molecule has 0 aliphatic carbocycles. The van der Waals surface area contributed by atoms with Gasteiger partial charge in [-0.2, -0.15) is 4.98 Å². The summed E-state index contributed by atoms with van der Waals surface area (Å²) in [6, 6.07) is 4.99.